The van der Waals surface area contributed by atoms with Crippen LogP contribution in [0.3, 0.4) is 0 Å². The van der Waals surface area contributed by atoms with Gasteiger partial charge >= 0.3 is 0 Å². The van der Waals surface area contributed by atoms with E-state index in [1.54, 1.807) is 0 Å². The van der Waals surface area contributed by atoms with Crippen LogP contribution in [0, 0.1) is 6.92 Å². The zero-order chi connectivity index (χ0) is 13.8. The molecule has 1 aromatic carbocycles. The number of nitrogens with zero attached hydrogens (tertiary/aromatic N) is 1. The fourth-order valence-corrected chi connectivity index (χ4v) is 2.91. The molecule has 0 radical (unpaired) electrons. The maximum Gasteiger partial charge on any atom is 0.0494 e. The van der Waals surface area contributed by atoms with Crippen LogP contribution in [0.25, 0.3) is 0 Å². The van der Waals surface area contributed by atoms with Crippen LogP contribution >= 0.6 is 11.3 Å². The van der Waals surface area contributed by atoms with Crippen molar-refractivity contribution in [3.05, 3.63) is 45.6 Å². The van der Waals surface area contributed by atoms with Crippen LogP contribution in [0.15, 0.2) is 30.3 Å². The molecule has 0 aliphatic heterocycles. The number of rotatable bonds is 5. The van der Waals surface area contributed by atoms with Crippen molar-refractivity contribution in [1.82, 2.24) is 0 Å². The molecular formula is C16H22N2S. The molecule has 2 nitrogen and oxygen atoms in total. The second-order valence-corrected chi connectivity index (χ2v) is 6.22. The minimum atomic E-state index is 0.910. The first-order chi connectivity index (χ1) is 9.10. The number of hydrogen-bond donors (Lipinski definition) is 1. The third-order valence-electron chi connectivity index (χ3n) is 3.25. The maximum absolute atomic E-state index is 3.52. The Morgan fingerprint density at radius 3 is 2.42 bits per heavy atom. The lowest BCUT2D eigenvalue weighted by atomic mass is 10.1. The minimum Gasteiger partial charge on any atom is -0.380 e. The first-order valence-electron chi connectivity index (χ1n) is 6.69. The lowest BCUT2D eigenvalue weighted by Gasteiger charge is -2.15. The van der Waals surface area contributed by atoms with E-state index in [1.165, 1.54) is 26.7 Å². The third-order valence-corrected chi connectivity index (χ3v) is 4.47. The van der Waals surface area contributed by atoms with E-state index in [9.17, 15) is 0 Å². The summed E-state index contributed by atoms with van der Waals surface area (Å²) in [7, 11) is 4.14. The summed E-state index contributed by atoms with van der Waals surface area (Å²) in [6.07, 6.45) is 1.13. The lowest BCUT2D eigenvalue weighted by Crippen LogP contribution is -2.09. The van der Waals surface area contributed by atoms with Crippen LogP contribution < -0.4 is 10.2 Å². The number of aryl methyl sites for hydroxylation is 2. The van der Waals surface area contributed by atoms with Gasteiger partial charge in [-0.25, -0.2) is 0 Å². The summed E-state index contributed by atoms with van der Waals surface area (Å²) in [5, 5.41) is 3.52. The van der Waals surface area contributed by atoms with Crippen molar-refractivity contribution in [2.45, 2.75) is 26.8 Å². The fraction of sp³-hybridized carbons (Fsp3) is 0.375. The number of thiophene rings is 1. The predicted octanol–water partition coefficient (Wildman–Crippen LogP) is 4.30. The first-order valence-corrected chi connectivity index (χ1v) is 7.51. The lowest BCUT2D eigenvalue weighted by molar-refractivity contribution is 1.12. The highest BCUT2D eigenvalue weighted by atomic mass is 32.1. The van der Waals surface area contributed by atoms with Crippen LogP contribution in [-0.2, 0) is 13.0 Å². The highest BCUT2D eigenvalue weighted by Gasteiger charge is 2.03. The van der Waals surface area contributed by atoms with E-state index < -0.39 is 0 Å². The quantitative estimate of drug-likeness (QED) is 0.874. The average Bonchev–Trinajstić information content (AvgIpc) is 2.85. The molecule has 102 valence electrons. The molecule has 0 aliphatic rings. The molecule has 1 aromatic heterocycles. The Kier molecular flexibility index (Phi) is 4.48. The van der Waals surface area contributed by atoms with Gasteiger partial charge in [-0.05, 0) is 49.2 Å². The smallest absolute Gasteiger partial charge is 0.0494 e. The van der Waals surface area contributed by atoms with Crippen LogP contribution in [0.2, 0.25) is 0 Å². The van der Waals surface area contributed by atoms with Crippen molar-refractivity contribution < 1.29 is 0 Å². The number of hydrogen-bond acceptors (Lipinski definition) is 3. The van der Waals surface area contributed by atoms with E-state index in [-0.39, 0.29) is 0 Å². The van der Waals surface area contributed by atoms with Crippen LogP contribution in [-0.4, -0.2) is 14.1 Å². The van der Waals surface area contributed by atoms with Gasteiger partial charge in [-0.15, -0.1) is 11.3 Å². The summed E-state index contributed by atoms with van der Waals surface area (Å²) in [6.45, 7) is 5.27. The third kappa shape index (κ3) is 3.51. The second kappa shape index (κ2) is 6.11. The van der Waals surface area contributed by atoms with Gasteiger partial charge in [0, 0.05) is 41.8 Å². The van der Waals surface area contributed by atoms with Crippen molar-refractivity contribution in [3.8, 4) is 0 Å². The highest BCUT2D eigenvalue weighted by Crippen LogP contribution is 2.23. The van der Waals surface area contributed by atoms with Gasteiger partial charge in [0.05, 0.1) is 0 Å². The molecule has 1 N–H and O–H groups in total. The second-order valence-electron chi connectivity index (χ2n) is 4.97. The van der Waals surface area contributed by atoms with Crippen molar-refractivity contribution in [3.63, 3.8) is 0 Å². The van der Waals surface area contributed by atoms with Crippen molar-refractivity contribution >= 4 is 22.7 Å². The molecule has 0 unspecified atom stereocenters. The normalized spacial score (nSPS) is 10.5. The molecule has 3 heteroatoms. The number of benzene rings is 1. The Labute approximate surface area is 120 Å². The Morgan fingerprint density at radius 1 is 1.11 bits per heavy atom. The molecule has 0 atom stereocenters. The van der Waals surface area contributed by atoms with Crippen molar-refractivity contribution in [2.24, 2.45) is 0 Å². The minimum absolute atomic E-state index is 0.910. The topological polar surface area (TPSA) is 15.3 Å². The summed E-state index contributed by atoms with van der Waals surface area (Å²) < 4.78 is 0. The van der Waals surface area contributed by atoms with Crippen molar-refractivity contribution in [2.75, 3.05) is 24.3 Å². The molecule has 0 fully saturated rings. The van der Waals surface area contributed by atoms with E-state index in [0.717, 1.165) is 13.0 Å². The monoisotopic (exact) mass is 274 g/mol. The Hall–Kier alpha value is -1.48. The van der Waals surface area contributed by atoms with E-state index in [4.69, 9.17) is 0 Å². The Morgan fingerprint density at radius 2 is 1.84 bits per heavy atom. The van der Waals surface area contributed by atoms with Crippen LogP contribution in [0.5, 0.6) is 0 Å². The highest BCUT2D eigenvalue weighted by molar-refractivity contribution is 7.12. The van der Waals surface area contributed by atoms with Gasteiger partial charge in [0.15, 0.2) is 0 Å². The average molecular weight is 274 g/mol. The largest absolute Gasteiger partial charge is 0.380 e. The Bertz CT molecular complexity index is 543. The van der Waals surface area contributed by atoms with Gasteiger partial charge in [0.1, 0.15) is 0 Å². The van der Waals surface area contributed by atoms with Crippen molar-refractivity contribution in [1.29, 1.82) is 0 Å². The molecule has 0 amide bonds. The molecular weight excluding hydrogens is 252 g/mol. The number of nitrogens with one attached hydrogen (secondary N) is 1. The first kappa shape index (κ1) is 13.9. The van der Waals surface area contributed by atoms with Gasteiger partial charge in [-0.2, -0.15) is 0 Å². The summed E-state index contributed by atoms with van der Waals surface area (Å²) >= 11 is 1.90. The Balaban J connectivity index is 2.03. The predicted molar refractivity (Wildman–Crippen MR) is 86.5 cm³/mol. The molecule has 2 rings (SSSR count). The van der Waals surface area contributed by atoms with Gasteiger partial charge in [-0.1, -0.05) is 6.92 Å². The van der Waals surface area contributed by atoms with Gasteiger partial charge < -0.3 is 10.2 Å². The van der Waals surface area contributed by atoms with E-state index in [1.807, 2.05) is 11.3 Å². The summed E-state index contributed by atoms with van der Waals surface area (Å²) in [6, 6.07) is 11.0. The zero-order valence-corrected chi connectivity index (χ0v) is 13.0. The molecule has 0 spiro atoms. The molecule has 2 aromatic rings. The summed E-state index contributed by atoms with van der Waals surface area (Å²) in [5.41, 5.74) is 3.75. The molecule has 0 saturated heterocycles. The number of anilines is 2. The maximum atomic E-state index is 3.52. The van der Waals surface area contributed by atoms with E-state index in [0.29, 0.717) is 0 Å². The van der Waals surface area contributed by atoms with Gasteiger partial charge in [-0.3, -0.25) is 0 Å². The fourth-order valence-electron chi connectivity index (χ4n) is 2.01. The van der Waals surface area contributed by atoms with Gasteiger partial charge in [0.25, 0.3) is 0 Å². The standard InChI is InChI=1S/C16H22N2S/c1-5-14-7-8-15(19-14)11-17-16-9-6-13(18(3)4)10-12(16)2/h6-10,17H,5,11H2,1-4H3. The van der Waals surface area contributed by atoms with Crippen LogP contribution in [0.4, 0.5) is 11.4 Å². The molecule has 0 bridgehead atoms. The van der Waals surface area contributed by atoms with Gasteiger partial charge in [0.2, 0.25) is 0 Å². The summed E-state index contributed by atoms with van der Waals surface area (Å²) in [5.74, 6) is 0. The molecule has 0 saturated carbocycles. The SMILES string of the molecule is CCc1ccc(CNc2ccc(N(C)C)cc2C)s1. The van der Waals surface area contributed by atoms with E-state index in [2.05, 4.69) is 68.5 Å². The van der Waals surface area contributed by atoms with Crippen LogP contribution in [0.1, 0.15) is 22.2 Å². The molecule has 1 heterocycles. The zero-order valence-electron chi connectivity index (χ0n) is 12.2. The molecule has 0 aliphatic carbocycles. The molecule has 19 heavy (non-hydrogen) atoms. The van der Waals surface area contributed by atoms with E-state index >= 15 is 0 Å². The summed E-state index contributed by atoms with van der Waals surface area (Å²) in [4.78, 5) is 4.98.